The summed E-state index contributed by atoms with van der Waals surface area (Å²) in [6, 6.07) is 8.18. The van der Waals surface area contributed by atoms with Crippen LogP contribution in [0.3, 0.4) is 0 Å². The molecule has 0 atom stereocenters. The number of carbonyl (C=O) groups is 1. The molecule has 1 aliphatic heterocycles. The zero-order valence-corrected chi connectivity index (χ0v) is 15.1. The van der Waals surface area contributed by atoms with Gasteiger partial charge in [0, 0.05) is 47.5 Å². The summed E-state index contributed by atoms with van der Waals surface area (Å²) in [4.78, 5) is 18.1. The summed E-state index contributed by atoms with van der Waals surface area (Å²) < 4.78 is 4.98. The third-order valence-corrected chi connectivity index (χ3v) is 5.04. The van der Waals surface area contributed by atoms with Gasteiger partial charge < -0.3 is 14.7 Å². The molecule has 3 aromatic rings. The van der Waals surface area contributed by atoms with E-state index in [0.29, 0.717) is 11.6 Å². The van der Waals surface area contributed by atoms with Crippen LogP contribution < -0.4 is 5.32 Å². The topological polar surface area (TPSA) is 61.3 Å². The molecule has 3 heterocycles. The van der Waals surface area contributed by atoms with Gasteiger partial charge in [-0.1, -0.05) is 6.08 Å². The average Bonchev–Trinajstić information content (AvgIpc) is 3.31. The van der Waals surface area contributed by atoms with Crippen molar-refractivity contribution in [1.29, 1.82) is 0 Å². The Kier molecular flexibility index (Phi) is 4.39. The van der Waals surface area contributed by atoms with Crippen molar-refractivity contribution < 1.29 is 9.21 Å². The molecular formula is C21H23N3O2. The maximum Gasteiger partial charge on any atom is 0.258 e. The first kappa shape index (κ1) is 16.7. The van der Waals surface area contributed by atoms with Crippen LogP contribution in [0.5, 0.6) is 0 Å². The van der Waals surface area contributed by atoms with E-state index in [1.807, 2.05) is 18.2 Å². The van der Waals surface area contributed by atoms with Crippen molar-refractivity contribution in [3.05, 3.63) is 60.2 Å². The van der Waals surface area contributed by atoms with Crippen LogP contribution in [0.15, 0.2) is 53.5 Å². The monoisotopic (exact) mass is 349 g/mol. The van der Waals surface area contributed by atoms with Gasteiger partial charge in [0.1, 0.15) is 6.26 Å². The fraction of sp³-hybridized carbons (Fsp3) is 0.286. The Morgan fingerprint density at radius 3 is 2.88 bits per heavy atom. The van der Waals surface area contributed by atoms with E-state index in [1.54, 1.807) is 6.07 Å². The Morgan fingerprint density at radius 2 is 2.19 bits per heavy atom. The standard InChI is InChI=1S/C21H23N3O2/c1-14(2)24-8-5-15(6-9-24)19-12-22-20-4-3-17(11-18(19)20)23-21(25)16-7-10-26-13-16/h3-5,7,10-14,22H,6,8-9H2,1-2H3,(H,23,25). The summed E-state index contributed by atoms with van der Waals surface area (Å²) in [5, 5.41) is 4.08. The highest BCUT2D eigenvalue weighted by atomic mass is 16.3. The van der Waals surface area contributed by atoms with Crippen molar-refractivity contribution in [3.63, 3.8) is 0 Å². The first-order valence-electron chi connectivity index (χ1n) is 9.00. The number of fused-ring (bicyclic) bond motifs is 1. The number of anilines is 1. The molecule has 0 saturated heterocycles. The van der Waals surface area contributed by atoms with Crippen molar-refractivity contribution in [2.24, 2.45) is 0 Å². The summed E-state index contributed by atoms with van der Waals surface area (Å²) in [5.41, 5.74) is 4.97. The van der Waals surface area contributed by atoms with Crippen LogP contribution in [-0.2, 0) is 0 Å². The van der Waals surface area contributed by atoms with Gasteiger partial charge in [0.25, 0.3) is 5.91 Å². The van der Waals surface area contributed by atoms with Crippen LogP contribution in [0.4, 0.5) is 5.69 Å². The van der Waals surface area contributed by atoms with E-state index >= 15 is 0 Å². The average molecular weight is 349 g/mol. The van der Waals surface area contributed by atoms with Crippen LogP contribution in [-0.4, -0.2) is 34.9 Å². The lowest BCUT2D eigenvalue weighted by Gasteiger charge is -2.29. The number of nitrogens with zero attached hydrogens (tertiary/aromatic N) is 1. The molecule has 0 aliphatic carbocycles. The van der Waals surface area contributed by atoms with Gasteiger partial charge >= 0.3 is 0 Å². The molecule has 0 saturated carbocycles. The summed E-state index contributed by atoms with van der Waals surface area (Å²) in [7, 11) is 0. The first-order valence-corrected chi connectivity index (χ1v) is 9.00. The molecule has 0 bridgehead atoms. The number of aromatic nitrogens is 1. The van der Waals surface area contributed by atoms with Gasteiger partial charge in [0.15, 0.2) is 0 Å². The number of hydrogen-bond donors (Lipinski definition) is 2. The Hall–Kier alpha value is -2.79. The van der Waals surface area contributed by atoms with E-state index in [4.69, 9.17) is 4.42 Å². The number of amides is 1. The minimum absolute atomic E-state index is 0.167. The minimum Gasteiger partial charge on any atom is -0.472 e. The molecule has 2 aromatic heterocycles. The fourth-order valence-corrected chi connectivity index (χ4v) is 3.46. The highest BCUT2D eigenvalue weighted by Gasteiger charge is 2.17. The van der Waals surface area contributed by atoms with E-state index in [9.17, 15) is 4.79 Å². The Bertz CT molecular complexity index is 951. The zero-order chi connectivity index (χ0) is 18.1. The number of furan rings is 1. The number of rotatable bonds is 4. The van der Waals surface area contributed by atoms with E-state index in [0.717, 1.165) is 36.1 Å². The van der Waals surface area contributed by atoms with Gasteiger partial charge in [-0.05, 0) is 50.1 Å². The number of hydrogen-bond acceptors (Lipinski definition) is 3. The molecule has 1 aromatic carbocycles. The number of benzene rings is 1. The van der Waals surface area contributed by atoms with E-state index in [2.05, 4.69) is 41.3 Å². The zero-order valence-electron chi connectivity index (χ0n) is 15.1. The molecule has 0 unspecified atom stereocenters. The molecule has 26 heavy (non-hydrogen) atoms. The molecule has 0 fully saturated rings. The summed E-state index contributed by atoms with van der Waals surface area (Å²) >= 11 is 0. The van der Waals surface area contributed by atoms with Crippen LogP contribution in [0.2, 0.25) is 0 Å². The van der Waals surface area contributed by atoms with Gasteiger partial charge in [-0.3, -0.25) is 9.69 Å². The summed E-state index contributed by atoms with van der Waals surface area (Å²) in [5.74, 6) is -0.167. The molecular weight excluding hydrogens is 326 g/mol. The molecule has 5 nitrogen and oxygen atoms in total. The van der Waals surface area contributed by atoms with Crippen LogP contribution in [0.25, 0.3) is 16.5 Å². The number of aromatic amines is 1. The van der Waals surface area contributed by atoms with Crippen LogP contribution >= 0.6 is 0 Å². The van der Waals surface area contributed by atoms with E-state index in [-0.39, 0.29) is 5.91 Å². The quantitative estimate of drug-likeness (QED) is 0.728. The number of H-pyrrole nitrogens is 1. The van der Waals surface area contributed by atoms with Gasteiger partial charge in [-0.15, -0.1) is 0 Å². The van der Waals surface area contributed by atoms with E-state index < -0.39 is 0 Å². The van der Waals surface area contributed by atoms with Crippen LogP contribution in [0, 0.1) is 0 Å². The maximum atomic E-state index is 12.2. The normalized spacial score (nSPS) is 15.4. The van der Waals surface area contributed by atoms with Crippen molar-refractivity contribution in [2.45, 2.75) is 26.3 Å². The Balaban J connectivity index is 1.60. The molecule has 5 heteroatoms. The second-order valence-corrected chi connectivity index (χ2v) is 7.00. The lowest BCUT2D eigenvalue weighted by atomic mass is 9.98. The fourth-order valence-electron chi connectivity index (χ4n) is 3.46. The molecule has 0 spiro atoms. The minimum atomic E-state index is -0.167. The third kappa shape index (κ3) is 3.18. The van der Waals surface area contributed by atoms with Gasteiger partial charge in [0.05, 0.1) is 11.8 Å². The lowest BCUT2D eigenvalue weighted by Crippen LogP contribution is -2.34. The Labute approximate surface area is 152 Å². The predicted octanol–water partition coefficient (Wildman–Crippen LogP) is 4.51. The lowest BCUT2D eigenvalue weighted by molar-refractivity contribution is 0.102. The van der Waals surface area contributed by atoms with Gasteiger partial charge in [0.2, 0.25) is 0 Å². The van der Waals surface area contributed by atoms with E-state index in [1.165, 1.54) is 23.7 Å². The second-order valence-electron chi connectivity index (χ2n) is 7.00. The molecule has 4 rings (SSSR count). The van der Waals surface area contributed by atoms with Crippen molar-refractivity contribution in [3.8, 4) is 0 Å². The third-order valence-electron chi connectivity index (χ3n) is 5.04. The molecule has 1 aliphatic rings. The molecule has 1 amide bonds. The van der Waals surface area contributed by atoms with Crippen LogP contribution in [0.1, 0.15) is 36.2 Å². The molecule has 0 radical (unpaired) electrons. The van der Waals surface area contributed by atoms with Crippen molar-refractivity contribution in [1.82, 2.24) is 9.88 Å². The van der Waals surface area contributed by atoms with Crippen molar-refractivity contribution in [2.75, 3.05) is 18.4 Å². The smallest absolute Gasteiger partial charge is 0.258 e. The van der Waals surface area contributed by atoms with Gasteiger partial charge in [-0.25, -0.2) is 0 Å². The first-order chi connectivity index (χ1) is 12.6. The predicted molar refractivity (Wildman–Crippen MR) is 104 cm³/mol. The molecule has 2 N–H and O–H groups in total. The highest BCUT2D eigenvalue weighted by molar-refractivity contribution is 6.05. The summed E-state index contributed by atoms with van der Waals surface area (Å²) in [6.45, 7) is 6.53. The Morgan fingerprint density at radius 1 is 1.31 bits per heavy atom. The number of nitrogens with one attached hydrogen (secondary N) is 2. The van der Waals surface area contributed by atoms with Gasteiger partial charge in [-0.2, -0.15) is 0 Å². The largest absolute Gasteiger partial charge is 0.472 e. The van der Waals surface area contributed by atoms with Crippen molar-refractivity contribution >= 4 is 28.1 Å². The maximum absolute atomic E-state index is 12.2. The SMILES string of the molecule is CC(C)N1CC=C(c2c[nH]c3ccc(NC(=O)c4ccoc4)cc23)CC1. The second kappa shape index (κ2) is 6.84. The molecule has 134 valence electrons. The number of carbonyl (C=O) groups excluding carboxylic acids is 1. The highest BCUT2D eigenvalue weighted by Crippen LogP contribution is 2.31. The summed E-state index contributed by atoms with van der Waals surface area (Å²) in [6.07, 6.45) is 8.38.